The van der Waals surface area contributed by atoms with Gasteiger partial charge in [-0.2, -0.15) is 0 Å². The summed E-state index contributed by atoms with van der Waals surface area (Å²) in [4.78, 5) is 18.6. The van der Waals surface area contributed by atoms with E-state index in [0.717, 1.165) is 11.3 Å². The average molecular weight is 246 g/mol. The fourth-order valence-corrected chi connectivity index (χ4v) is 1.56. The molecule has 2 aromatic heterocycles. The lowest BCUT2D eigenvalue weighted by atomic mass is 10.2. The van der Waals surface area contributed by atoms with Crippen molar-refractivity contribution in [1.82, 2.24) is 14.5 Å². The van der Waals surface area contributed by atoms with Crippen molar-refractivity contribution in [1.29, 1.82) is 0 Å². The lowest BCUT2D eigenvalue weighted by Gasteiger charge is -2.04. The van der Waals surface area contributed by atoms with Crippen molar-refractivity contribution >= 4 is 11.8 Å². The minimum atomic E-state index is -0.833. The standard InChI is InChI=1S/C12H14N4O2/c1-16-5-3-9(7-16)10-6-11(15-8-14-10)13-4-2-12(17)18/h3,5-8H,2,4H2,1H3,(H,17,18)(H,13,14,15). The molecule has 2 aromatic rings. The predicted molar refractivity (Wildman–Crippen MR) is 67.2 cm³/mol. The molecule has 6 heteroatoms. The van der Waals surface area contributed by atoms with Crippen LogP contribution in [-0.4, -0.2) is 32.2 Å². The molecule has 0 spiro atoms. The van der Waals surface area contributed by atoms with Gasteiger partial charge in [0.25, 0.3) is 0 Å². The van der Waals surface area contributed by atoms with Gasteiger partial charge in [-0.25, -0.2) is 9.97 Å². The number of rotatable bonds is 5. The van der Waals surface area contributed by atoms with E-state index in [9.17, 15) is 4.79 Å². The summed E-state index contributed by atoms with van der Waals surface area (Å²) in [6.45, 7) is 0.348. The van der Waals surface area contributed by atoms with Crippen molar-refractivity contribution in [2.24, 2.45) is 7.05 Å². The summed E-state index contributed by atoms with van der Waals surface area (Å²) < 4.78 is 1.94. The highest BCUT2D eigenvalue weighted by Gasteiger charge is 2.03. The van der Waals surface area contributed by atoms with Gasteiger partial charge >= 0.3 is 5.97 Å². The van der Waals surface area contributed by atoms with Crippen molar-refractivity contribution in [3.05, 3.63) is 30.9 Å². The molecule has 0 radical (unpaired) electrons. The van der Waals surface area contributed by atoms with E-state index in [-0.39, 0.29) is 6.42 Å². The zero-order chi connectivity index (χ0) is 13.0. The normalized spacial score (nSPS) is 10.3. The molecule has 0 bridgehead atoms. The van der Waals surface area contributed by atoms with Crippen LogP contribution in [0.1, 0.15) is 6.42 Å². The zero-order valence-corrected chi connectivity index (χ0v) is 10.00. The Morgan fingerprint density at radius 3 is 3.00 bits per heavy atom. The number of carboxylic acid groups (broad SMARTS) is 1. The van der Waals surface area contributed by atoms with Crippen LogP contribution in [0.5, 0.6) is 0 Å². The number of aromatic nitrogens is 3. The number of aryl methyl sites for hydroxylation is 1. The lowest BCUT2D eigenvalue weighted by molar-refractivity contribution is -0.136. The maximum absolute atomic E-state index is 10.4. The summed E-state index contributed by atoms with van der Waals surface area (Å²) in [7, 11) is 1.94. The van der Waals surface area contributed by atoms with Gasteiger partial charge in [0.05, 0.1) is 12.1 Å². The number of carbonyl (C=O) groups is 1. The maximum atomic E-state index is 10.4. The quantitative estimate of drug-likeness (QED) is 0.832. The summed E-state index contributed by atoms with van der Waals surface area (Å²) >= 11 is 0. The van der Waals surface area contributed by atoms with Gasteiger partial charge in [-0.1, -0.05) is 0 Å². The van der Waals surface area contributed by atoms with Crippen molar-refractivity contribution < 1.29 is 9.90 Å². The van der Waals surface area contributed by atoms with Crippen molar-refractivity contribution in [3.8, 4) is 11.3 Å². The molecule has 2 N–H and O–H groups in total. The summed E-state index contributed by atoms with van der Waals surface area (Å²) in [5.74, 6) is -0.204. The number of anilines is 1. The number of nitrogens with zero attached hydrogens (tertiary/aromatic N) is 3. The van der Waals surface area contributed by atoms with E-state index in [1.807, 2.05) is 30.1 Å². The largest absolute Gasteiger partial charge is 0.481 e. The monoisotopic (exact) mass is 246 g/mol. The molecule has 0 aliphatic carbocycles. The number of hydrogen-bond acceptors (Lipinski definition) is 4. The summed E-state index contributed by atoms with van der Waals surface area (Å²) in [5, 5.41) is 11.5. The van der Waals surface area contributed by atoms with Gasteiger partial charge in [0, 0.05) is 37.6 Å². The molecule has 0 saturated carbocycles. The Labute approximate surface area is 104 Å². The van der Waals surface area contributed by atoms with E-state index in [4.69, 9.17) is 5.11 Å². The van der Waals surface area contributed by atoms with Gasteiger partial charge in [0.2, 0.25) is 0 Å². The summed E-state index contributed by atoms with van der Waals surface area (Å²) in [6.07, 6.45) is 5.43. The van der Waals surface area contributed by atoms with Crippen LogP contribution in [0.3, 0.4) is 0 Å². The average Bonchev–Trinajstić information content (AvgIpc) is 2.76. The SMILES string of the molecule is Cn1ccc(-c2cc(NCCC(=O)O)ncn2)c1. The molecule has 0 aromatic carbocycles. The van der Waals surface area contributed by atoms with E-state index in [1.54, 1.807) is 6.07 Å². The third-order valence-electron chi connectivity index (χ3n) is 2.44. The fourth-order valence-electron chi connectivity index (χ4n) is 1.56. The lowest BCUT2D eigenvalue weighted by Crippen LogP contribution is -2.08. The van der Waals surface area contributed by atoms with Crippen molar-refractivity contribution in [2.45, 2.75) is 6.42 Å². The van der Waals surface area contributed by atoms with Crippen molar-refractivity contribution in [3.63, 3.8) is 0 Å². The van der Waals surface area contributed by atoms with Gasteiger partial charge < -0.3 is 15.0 Å². The first-order chi connectivity index (χ1) is 8.65. The minimum absolute atomic E-state index is 0.0602. The Bertz CT molecular complexity index is 551. The van der Waals surface area contributed by atoms with Crippen LogP contribution in [0, 0.1) is 0 Å². The molecule has 2 rings (SSSR count). The molecule has 0 amide bonds. The molecule has 0 unspecified atom stereocenters. The molecular weight excluding hydrogens is 232 g/mol. The van der Waals surface area contributed by atoms with Gasteiger partial charge in [-0.3, -0.25) is 4.79 Å². The van der Waals surface area contributed by atoms with E-state index in [0.29, 0.717) is 12.4 Å². The van der Waals surface area contributed by atoms with Crippen LogP contribution in [0.4, 0.5) is 5.82 Å². The van der Waals surface area contributed by atoms with E-state index in [1.165, 1.54) is 6.33 Å². The molecule has 18 heavy (non-hydrogen) atoms. The van der Waals surface area contributed by atoms with Crippen molar-refractivity contribution in [2.75, 3.05) is 11.9 Å². The molecule has 0 fully saturated rings. The number of hydrogen-bond donors (Lipinski definition) is 2. The Morgan fingerprint density at radius 1 is 1.50 bits per heavy atom. The second kappa shape index (κ2) is 5.31. The molecular formula is C12H14N4O2. The Balaban J connectivity index is 2.08. The first-order valence-electron chi connectivity index (χ1n) is 5.55. The second-order valence-corrected chi connectivity index (χ2v) is 3.92. The fraction of sp³-hybridized carbons (Fsp3) is 0.250. The number of nitrogens with one attached hydrogen (secondary N) is 1. The molecule has 0 atom stereocenters. The maximum Gasteiger partial charge on any atom is 0.305 e. The molecule has 94 valence electrons. The summed E-state index contributed by atoms with van der Waals surface area (Å²) in [5.41, 5.74) is 1.81. The van der Waals surface area contributed by atoms with Crippen LogP contribution in [-0.2, 0) is 11.8 Å². The predicted octanol–water partition coefficient (Wildman–Crippen LogP) is 1.37. The minimum Gasteiger partial charge on any atom is -0.481 e. The highest BCUT2D eigenvalue weighted by Crippen LogP contribution is 2.18. The topological polar surface area (TPSA) is 80.0 Å². The third kappa shape index (κ3) is 3.07. The van der Waals surface area contributed by atoms with Crippen LogP contribution in [0.25, 0.3) is 11.3 Å². The zero-order valence-electron chi connectivity index (χ0n) is 10.00. The molecule has 6 nitrogen and oxygen atoms in total. The van der Waals surface area contributed by atoms with Gasteiger partial charge in [0.15, 0.2) is 0 Å². The van der Waals surface area contributed by atoms with Crippen LogP contribution in [0.15, 0.2) is 30.9 Å². The second-order valence-electron chi connectivity index (χ2n) is 3.92. The van der Waals surface area contributed by atoms with Gasteiger partial charge in [0.1, 0.15) is 12.1 Å². The highest BCUT2D eigenvalue weighted by molar-refractivity contribution is 5.67. The highest BCUT2D eigenvalue weighted by atomic mass is 16.4. The van der Waals surface area contributed by atoms with E-state index < -0.39 is 5.97 Å². The number of aliphatic carboxylic acids is 1. The molecule has 0 aliphatic rings. The number of carboxylic acids is 1. The Hall–Kier alpha value is -2.37. The first kappa shape index (κ1) is 12.1. The van der Waals surface area contributed by atoms with Crippen LogP contribution in [0.2, 0.25) is 0 Å². The van der Waals surface area contributed by atoms with E-state index >= 15 is 0 Å². The Morgan fingerprint density at radius 2 is 2.33 bits per heavy atom. The smallest absolute Gasteiger partial charge is 0.305 e. The summed E-state index contributed by atoms with van der Waals surface area (Å²) in [6, 6.07) is 3.76. The molecule has 2 heterocycles. The Kier molecular flexibility index (Phi) is 3.57. The molecule has 0 saturated heterocycles. The molecule has 0 aliphatic heterocycles. The van der Waals surface area contributed by atoms with Crippen LogP contribution < -0.4 is 5.32 Å². The van der Waals surface area contributed by atoms with E-state index in [2.05, 4.69) is 15.3 Å². The van der Waals surface area contributed by atoms with Crippen LogP contribution >= 0.6 is 0 Å². The first-order valence-corrected chi connectivity index (χ1v) is 5.55. The van der Waals surface area contributed by atoms with Gasteiger partial charge in [-0.15, -0.1) is 0 Å². The third-order valence-corrected chi connectivity index (χ3v) is 2.44. The van der Waals surface area contributed by atoms with Gasteiger partial charge in [-0.05, 0) is 6.07 Å².